The minimum absolute atomic E-state index is 0.548. The van der Waals surface area contributed by atoms with Gasteiger partial charge in [0.1, 0.15) is 0 Å². The van der Waals surface area contributed by atoms with Gasteiger partial charge in [-0.15, -0.1) is 0 Å². The lowest BCUT2D eigenvalue weighted by atomic mass is 9.95. The molecule has 16 heavy (non-hydrogen) atoms. The number of nitriles is 1. The Balaban J connectivity index is 1.68. The number of hydrogen-bond acceptors (Lipinski definition) is 1. The van der Waals surface area contributed by atoms with Crippen LogP contribution in [0.2, 0.25) is 0 Å². The summed E-state index contributed by atoms with van der Waals surface area (Å²) in [6, 6.07) is 10.3. The van der Waals surface area contributed by atoms with Crippen LogP contribution >= 0.6 is 0 Å². The van der Waals surface area contributed by atoms with Crippen molar-refractivity contribution in [2.75, 3.05) is 0 Å². The van der Waals surface area contributed by atoms with Crippen LogP contribution in [0.15, 0.2) is 24.3 Å². The zero-order valence-corrected chi connectivity index (χ0v) is 9.26. The lowest BCUT2D eigenvalue weighted by molar-refractivity contribution is 0.380. The van der Waals surface area contributed by atoms with E-state index in [1.165, 1.54) is 25.7 Å². The van der Waals surface area contributed by atoms with Crippen LogP contribution < -0.4 is 5.32 Å². The molecule has 3 unspecified atom stereocenters. The lowest BCUT2D eigenvalue weighted by Gasteiger charge is -2.21. The van der Waals surface area contributed by atoms with Gasteiger partial charge in [0.05, 0.1) is 23.4 Å². The highest BCUT2D eigenvalue weighted by atomic mass is 14.9. The maximum absolute atomic E-state index is 8.72. The van der Waals surface area contributed by atoms with E-state index in [0.29, 0.717) is 11.6 Å². The fourth-order valence-corrected chi connectivity index (χ4v) is 3.18. The first-order chi connectivity index (χ1) is 7.85. The van der Waals surface area contributed by atoms with Gasteiger partial charge >= 0.3 is 0 Å². The van der Waals surface area contributed by atoms with E-state index in [9.17, 15) is 0 Å². The van der Waals surface area contributed by atoms with Gasteiger partial charge in [-0.05, 0) is 55.4 Å². The van der Waals surface area contributed by atoms with Crippen molar-refractivity contribution in [3.63, 3.8) is 0 Å². The second kappa shape index (κ2) is 3.83. The maximum Gasteiger partial charge on any atom is 0.0991 e. The quantitative estimate of drug-likeness (QED) is 0.741. The summed E-state index contributed by atoms with van der Waals surface area (Å²) in [7, 11) is 0. The number of rotatable bonds is 2. The van der Waals surface area contributed by atoms with Crippen molar-refractivity contribution in [1.82, 2.24) is 5.32 Å². The molecule has 0 spiro atoms. The van der Waals surface area contributed by atoms with Gasteiger partial charge in [0.25, 0.3) is 0 Å². The molecule has 3 atom stereocenters. The summed E-state index contributed by atoms with van der Waals surface area (Å²) in [4.78, 5) is 0. The van der Waals surface area contributed by atoms with Crippen molar-refractivity contribution >= 4 is 5.69 Å². The molecule has 2 aliphatic rings. The topological polar surface area (TPSA) is 37.9 Å². The SMILES string of the molecule is N#Cc1ccc([N]C2CC3CCC2C3)cc1. The highest BCUT2D eigenvalue weighted by Crippen LogP contribution is 2.45. The predicted molar refractivity (Wildman–Crippen MR) is 62.2 cm³/mol. The third kappa shape index (κ3) is 1.67. The molecule has 3 rings (SSSR count). The molecule has 2 bridgehead atoms. The van der Waals surface area contributed by atoms with E-state index in [0.717, 1.165) is 17.5 Å². The highest BCUT2D eigenvalue weighted by molar-refractivity contribution is 5.42. The third-order valence-corrected chi connectivity index (χ3v) is 4.01. The van der Waals surface area contributed by atoms with E-state index < -0.39 is 0 Å². The van der Waals surface area contributed by atoms with Crippen LogP contribution in [0.3, 0.4) is 0 Å². The van der Waals surface area contributed by atoms with Gasteiger partial charge in [-0.2, -0.15) is 5.26 Å². The van der Waals surface area contributed by atoms with Crippen molar-refractivity contribution in [1.29, 1.82) is 5.26 Å². The van der Waals surface area contributed by atoms with Gasteiger partial charge in [-0.1, -0.05) is 6.42 Å². The Labute approximate surface area is 96.3 Å². The second-order valence-corrected chi connectivity index (χ2v) is 5.03. The molecule has 0 saturated heterocycles. The fourth-order valence-electron chi connectivity index (χ4n) is 3.18. The van der Waals surface area contributed by atoms with E-state index in [2.05, 4.69) is 6.07 Å². The molecule has 2 fully saturated rings. The molecule has 0 aliphatic heterocycles. The Kier molecular flexibility index (Phi) is 2.32. The summed E-state index contributed by atoms with van der Waals surface area (Å²) in [5.41, 5.74) is 1.75. The number of nitrogens with zero attached hydrogens (tertiary/aromatic N) is 2. The molecule has 1 aromatic carbocycles. The Morgan fingerprint density at radius 2 is 1.94 bits per heavy atom. The fraction of sp³-hybridized carbons (Fsp3) is 0.500. The van der Waals surface area contributed by atoms with Crippen LogP contribution in [0.4, 0.5) is 5.69 Å². The molecule has 2 aliphatic carbocycles. The second-order valence-electron chi connectivity index (χ2n) is 5.03. The Hall–Kier alpha value is -1.49. The lowest BCUT2D eigenvalue weighted by Crippen LogP contribution is -2.24. The van der Waals surface area contributed by atoms with E-state index >= 15 is 0 Å². The monoisotopic (exact) mass is 211 g/mol. The van der Waals surface area contributed by atoms with Crippen molar-refractivity contribution in [3.05, 3.63) is 29.8 Å². The van der Waals surface area contributed by atoms with Gasteiger partial charge in [-0.3, -0.25) is 5.32 Å². The largest absolute Gasteiger partial charge is 0.282 e. The number of fused-ring (bicyclic) bond motifs is 2. The number of benzene rings is 1. The minimum Gasteiger partial charge on any atom is -0.282 e. The van der Waals surface area contributed by atoms with Crippen LogP contribution in [-0.4, -0.2) is 6.04 Å². The molecule has 1 radical (unpaired) electrons. The molecule has 1 aromatic rings. The van der Waals surface area contributed by atoms with E-state index in [1.54, 1.807) is 0 Å². The average molecular weight is 211 g/mol. The predicted octanol–water partition coefficient (Wildman–Crippen LogP) is 2.98. The van der Waals surface area contributed by atoms with E-state index in [4.69, 9.17) is 10.6 Å². The van der Waals surface area contributed by atoms with Gasteiger partial charge in [0.15, 0.2) is 0 Å². The van der Waals surface area contributed by atoms with E-state index in [-0.39, 0.29) is 0 Å². The van der Waals surface area contributed by atoms with Crippen LogP contribution in [0.5, 0.6) is 0 Å². The molecular weight excluding hydrogens is 196 g/mol. The van der Waals surface area contributed by atoms with Gasteiger partial charge in [0, 0.05) is 0 Å². The van der Waals surface area contributed by atoms with Crippen LogP contribution in [0.25, 0.3) is 0 Å². The van der Waals surface area contributed by atoms with Crippen molar-refractivity contribution in [3.8, 4) is 6.07 Å². The molecule has 0 heterocycles. The van der Waals surface area contributed by atoms with Gasteiger partial charge < -0.3 is 0 Å². The van der Waals surface area contributed by atoms with Crippen LogP contribution in [0, 0.1) is 23.2 Å². The maximum atomic E-state index is 8.72. The molecule has 2 saturated carbocycles. The van der Waals surface area contributed by atoms with Crippen molar-refractivity contribution < 1.29 is 0 Å². The Bertz CT molecular complexity index is 415. The Morgan fingerprint density at radius 3 is 2.50 bits per heavy atom. The van der Waals surface area contributed by atoms with Gasteiger partial charge in [-0.25, -0.2) is 0 Å². The molecular formula is C14H15N2. The summed E-state index contributed by atoms with van der Waals surface area (Å²) in [6.45, 7) is 0. The summed E-state index contributed by atoms with van der Waals surface area (Å²) in [5.74, 6) is 1.78. The van der Waals surface area contributed by atoms with Gasteiger partial charge in [0.2, 0.25) is 0 Å². The number of hydrogen-bond donors (Lipinski definition) is 0. The Morgan fingerprint density at radius 1 is 1.12 bits per heavy atom. The van der Waals surface area contributed by atoms with E-state index in [1.807, 2.05) is 24.3 Å². The van der Waals surface area contributed by atoms with Crippen molar-refractivity contribution in [2.24, 2.45) is 11.8 Å². The molecule has 2 heteroatoms. The molecule has 81 valence electrons. The van der Waals surface area contributed by atoms with Crippen LogP contribution in [-0.2, 0) is 0 Å². The summed E-state index contributed by atoms with van der Waals surface area (Å²) < 4.78 is 0. The normalized spacial score (nSPS) is 31.3. The summed E-state index contributed by atoms with van der Waals surface area (Å²) >= 11 is 0. The summed E-state index contributed by atoms with van der Waals surface area (Å²) in [5, 5.41) is 13.5. The zero-order valence-electron chi connectivity index (χ0n) is 9.26. The minimum atomic E-state index is 0.548. The zero-order chi connectivity index (χ0) is 11.0. The van der Waals surface area contributed by atoms with Crippen LogP contribution in [0.1, 0.15) is 31.2 Å². The molecule has 0 amide bonds. The molecule has 0 aromatic heterocycles. The smallest absolute Gasteiger partial charge is 0.0991 e. The first kappa shape index (κ1) is 9.72. The third-order valence-electron chi connectivity index (χ3n) is 4.01. The molecule has 0 N–H and O–H groups in total. The first-order valence-corrected chi connectivity index (χ1v) is 6.06. The standard InChI is InChI=1S/C14H15N2/c15-9-10-2-5-13(6-3-10)16-14-8-11-1-4-12(14)7-11/h2-3,5-6,11-12,14H,1,4,7-8H2. The van der Waals surface area contributed by atoms with Crippen molar-refractivity contribution in [2.45, 2.75) is 31.7 Å². The molecule has 2 nitrogen and oxygen atoms in total. The first-order valence-electron chi connectivity index (χ1n) is 6.06. The highest BCUT2D eigenvalue weighted by Gasteiger charge is 2.40. The summed E-state index contributed by atoms with van der Waals surface area (Å²) in [6.07, 6.45) is 5.47. The average Bonchev–Trinajstić information content (AvgIpc) is 2.92.